The van der Waals surface area contributed by atoms with Crippen LogP contribution in [0.25, 0.3) is 0 Å². The quantitative estimate of drug-likeness (QED) is 0.887. The van der Waals surface area contributed by atoms with E-state index < -0.39 is 12.0 Å². The molecule has 96 valence electrons. The van der Waals surface area contributed by atoms with Crippen LogP contribution >= 0.6 is 0 Å². The molecule has 1 aromatic rings. The molecule has 1 N–H and O–H groups in total. The molecule has 1 aromatic carbocycles. The average Bonchev–Trinajstić information content (AvgIpc) is 2.25. The fourth-order valence-corrected chi connectivity index (χ4v) is 1.57. The van der Waals surface area contributed by atoms with Gasteiger partial charge in [0.25, 0.3) is 6.43 Å². The standard InChI is InChI=1S/C12H16F2O3/c1-12(2,15)8-5-7(11(13)14)9(16-3)6-10(8)17-4/h5-6,11,15H,1-4H3. The van der Waals surface area contributed by atoms with Gasteiger partial charge in [-0.2, -0.15) is 0 Å². The van der Waals surface area contributed by atoms with E-state index in [1.807, 2.05) is 0 Å². The molecule has 0 heterocycles. The molecule has 0 saturated heterocycles. The number of methoxy groups -OCH3 is 2. The highest BCUT2D eigenvalue weighted by atomic mass is 19.3. The maximum Gasteiger partial charge on any atom is 0.267 e. The Bertz CT molecular complexity index is 397. The molecule has 5 heteroatoms. The van der Waals surface area contributed by atoms with Crippen LogP contribution in [0.1, 0.15) is 31.4 Å². The monoisotopic (exact) mass is 246 g/mol. The van der Waals surface area contributed by atoms with Crippen LogP contribution in [0.2, 0.25) is 0 Å². The van der Waals surface area contributed by atoms with Gasteiger partial charge in [-0.25, -0.2) is 8.78 Å². The van der Waals surface area contributed by atoms with E-state index in [0.717, 1.165) is 0 Å². The topological polar surface area (TPSA) is 38.7 Å². The molecule has 0 saturated carbocycles. The molecule has 0 aromatic heterocycles. The summed E-state index contributed by atoms with van der Waals surface area (Å²) in [5, 5.41) is 9.91. The molecule has 0 amide bonds. The van der Waals surface area contributed by atoms with Gasteiger partial charge in [0.05, 0.1) is 25.4 Å². The van der Waals surface area contributed by atoms with E-state index in [1.165, 1.54) is 40.2 Å². The number of alkyl halides is 2. The van der Waals surface area contributed by atoms with Crippen molar-refractivity contribution in [3.05, 3.63) is 23.3 Å². The van der Waals surface area contributed by atoms with Gasteiger partial charge in [-0.05, 0) is 19.9 Å². The van der Waals surface area contributed by atoms with Crippen LogP contribution in [0.15, 0.2) is 12.1 Å². The van der Waals surface area contributed by atoms with Gasteiger partial charge in [-0.3, -0.25) is 0 Å². The minimum Gasteiger partial charge on any atom is -0.496 e. The normalized spacial score (nSPS) is 11.8. The molecule has 0 spiro atoms. The van der Waals surface area contributed by atoms with Crippen LogP contribution in [0.5, 0.6) is 11.5 Å². The van der Waals surface area contributed by atoms with Gasteiger partial charge in [-0.1, -0.05) is 0 Å². The molecular formula is C12H16F2O3. The Morgan fingerprint density at radius 3 is 2.00 bits per heavy atom. The number of halogens is 2. The molecule has 0 unspecified atom stereocenters. The lowest BCUT2D eigenvalue weighted by atomic mass is 9.95. The van der Waals surface area contributed by atoms with Gasteiger partial charge in [-0.15, -0.1) is 0 Å². The summed E-state index contributed by atoms with van der Waals surface area (Å²) in [6.07, 6.45) is -2.67. The highest BCUT2D eigenvalue weighted by Crippen LogP contribution is 2.39. The maximum atomic E-state index is 12.8. The van der Waals surface area contributed by atoms with Crippen LogP contribution in [-0.4, -0.2) is 19.3 Å². The molecule has 3 nitrogen and oxygen atoms in total. The lowest BCUT2D eigenvalue weighted by Gasteiger charge is -2.23. The second-order valence-electron chi connectivity index (χ2n) is 4.15. The first-order valence-corrected chi connectivity index (χ1v) is 5.08. The Balaban J connectivity index is 3.45. The fraction of sp³-hybridized carbons (Fsp3) is 0.500. The van der Waals surface area contributed by atoms with Crippen molar-refractivity contribution < 1.29 is 23.4 Å². The smallest absolute Gasteiger partial charge is 0.267 e. The highest BCUT2D eigenvalue weighted by Gasteiger charge is 2.26. The first-order chi connectivity index (χ1) is 7.81. The third kappa shape index (κ3) is 2.85. The molecule has 0 radical (unpaired) electrons. The Hall–Kier alpha value is -1.36. The van der Waals surface area contributed by atoms with Gasteiger partial charge in [0.1, 0.15) is 11.5 Å². The first kappa shape index (κ1) is 13.7. The Kier molecular flexibility index (Phi) is 3.93. The van der Waals surface area contributed by atoms with Crippen molar-refractivity contribution in [3.63, 3.8) is 0 Å². The number of aliphatic hydroxyl groups is 1. The molecule has 0 bridgehead atoms. The number of hydrogen-bond donors (Lipinski definition) is 1. The summed E-state index contributed by atoms with van der Waals surface area (Å²) in [6, 6.07) is 2.57. The van der Waals surface area contributed by atoms with Gasteiger partial charge in [0.2, 0.25) is 0 Å². The SMILES string of the molecule is COc1cc(OC)c(C(C)(C)O)cc1C(F)F. The maximum absolute atomic E-state index is 12.8. The molecule has 17 heavy (non-hydrogen) atoms. The van der Waals surface area contributed by atoms with Crippen molar-refractivity contribution >= 4 is 0 Å². The van der Waals surface area contributed by atoms with E-state index in [0.29, 0.717) is 11.3 Å². The minimum absolute atomic E-state index is 0.0462. The van der Waals surface area contributed by atoms with E-state index >= 15 is 0 Å². The van der Waals surface area contributed by atoms with E-state index in [4.69, 9.17) is 9.47 Å². The zero-order valence-electron chi connectivity index (χ0n) is 10.3. The van der Waals surface area contributed by atoms with Crippen molar-refractivity contribution in [3.8, 4) is 11.5 Å². The molecule has 0 fully saturated rings. The van der Waals surface area contributed by atoms with Crippen molar-refractivity contribution in [1.29, 1.82) is 0 Å². The summed E-state index contributed by atoms with van der Waals surface area (Å²) >= 11 is 0. The van der Waals surface area contributed by atoms with E-state index in [-0.39, 0.29) is 11.3 Å². The van der Waals surface area contributed by atoms with Crippen LogP contribution < -0.4 is 9.47 Å². The molecule has 1 rings (SSSR count). The van der Waals surface area contributed by atoms with Crippen molar-refractivity contribution in [2.45, 2.75) is 25.9 Å². The number of hydrogen-bond acceptors (Lipinski definition) is 3. The lowest BCUT2D eigenvalue weighted by molar-refractivity contribution is 0.0748. The van der Waals surface area contributed by atoms with Crippen molar-refractivity contribution in [1.82, 2.24) is 0 Å². The molecule has 0 aliphatic heterocycles. The van der Waals surface area contributed by atoms with Crippen LogP contribution in [0, 0.1) is 0 Å². The van der Waals surface area contributed by atoms with Gasteiger partial charge < -0.3 is 14.6 Å². The van der Waals surface area contributed by atoms with Crippen LogP contribution in [0.4, 0.5) is 8.78 Å². The summed E-state index contributed by atoms with van der Waals surface area (Å²) in [5.41, 5.74) is -1.22. The third-order valence-electron chi connectivity index (χ3n) is 2.45. The second-order valence-corrected chi connectivity index (χ2v) is 4.15. The van der Waals surface area contributed by atoms with Crippen LogP contribution in [0.3, 0.4) is 0 Å². The molecule has 0 atom stereocenters. The predicted octanol–water partition coefficient (Wildman–Crippen LogP) is 2.87. The Morgan fingerprint density at radius 2 is 1.65 bits per heavy atom. The highest BCUT2D eigenvalue weighted by molar-refractivity contribution is 5.49. The summed E-state index contributed by atoms with van der Waals surface area (Å²) in [5.74, 6) is 0.364. The van der Waals surface area contributed by atoms with E-state index in [2.05, 4.69) is 0 Å². The molecule has 0 aliphatic rings. The Morgan fingerprint density at radius 1 is 1.12 bits per heavy atom. The first-order valence-electron chi connectivity index (χ1n) is 5.08. The third-order valence-corrected chi connectivity index (χ3v) is 2.45. The lowest BCUT2D eigenvalue weighted by Crippen LogP contribution is -2.17. The summed E-state index contributed by atoms with van der Waals surface area (Å²) in [7, 11) is 2.72. The van der Waals surface area contributed by atoms with Crippen LogP contribution in [-0.2, 0) is 5.60 Å². The van der Waals surface area contributed by atoms with Gasteiger partial charge >= 0.3 is 0 Å². The Labute approximate surface area is 99.0 Å². The largest absolute Gasteiger partial charge is 0.496 e. The van der Waals surface area contributed by atoms with E-state index in [9.17, 15) is 13.9 Å². The number of benzene rings is 1. The average molecular weight is 246 g/mol. The number of rotatable bonds is 4. The van der Waals surface area contributed by atoms with Crippen molar-refractivity contribution in [2.75, 3.05) is 14.2 Å². The zero-order chi connectivity index (χ0) is 13.2. The van der Waals surface area contributed by atoms with E-state index in [1.54, 1.807) is 0 Å². The zero-order valence-corrected chi connectivity index (χ0v) is 10.3. The second kappa shape index (κ2) is 4.87. The van der Waals surface area contributed by atoms with Crippen molar-refractivity contribution in [2.24, 2.45) is 0 Å². The summed E-state index contributed by atoms with van der Waals surface area (Å²) in [4.78, 5) is 0. The number of ether oxygens (including phenoxy) is 2. The summed E-state index contributed by atoms with van der Waals surface area (Å²) in [6.45, 7) is 3.01. The summed E-state index contributed by atoms with van der Waals surface area (Å²) < 4.78 is 35.6. The minimum atomic E-state index is -2.67. The van der Waals surface area contributed by atoms with Gasteiger partial charge in [0, 0.05) is 11.6 Å². The van der Waals surface area contributed by atoms with Gasteiger partial charge in [0.15, 0.2) is 0 Å². The fourth-order valence-electron chi connectivity index (χ4n) is 1.57. The predicted molar refractivity (Wildman–Crippen MR) is 59.7 cm³/mol. The molecular weight excluding hydrogens is 230 g/mol. The molecule has 0 aliphatic carbocycles.